The third kappa shape index (κ3) is 2.27. The molecular formula is C12H11BrO3. The molecule has 0 saturated heterocycles. The number of rotatable bonds is 2. The SMILES string of the molecule is CCOC(=O)C1=Cc2cc(Br)ccc2OC1. The Labute approximate surface area is 102 Å². The number of carbonyl (C=O) groups excluding carboxylic acids is 1. The second kappa shape index (κ2) is 4.70. The lowest BCUT2D eigenvalue weighted by Gasteiger charge is -2.17. The summed E-state index contributed by atoms with van der Waals surface area (Å²) in [7, 11) is 0. The van der Waals surface area contributed by atoms with Crippen molar-refractivity contribution in [3.8, 4) is 5.75 Å². The van der Waals surface area contributed by atoms with Crippen molar-refractivity contribution >= 4 is 28.0 Å². The highest BCUT2D eigenvalue weighted by molar-refractivity contribution is 9.10. The molecule has 0 aromatic heterocycles. The standard InChI is InChI=1S/C12H11BrO3/c1-2-15-12(14)9-5-8-6-10(13)3-4-11(8)16-7-9/h3-6H,2,7H2,1H3. The molecule has 1 heterocycles. The second-order valence-electron chi connectivity index (χ2n) is 3.36. The van der Waals surface area contributed by atoms with Crippen LogP contribution in [-0.4, -0.2) is 19.2 Å². The fourth-order valence-electron chi connectivity index (χ4n) is 1.49. The van der Waals surface area contributed by atoms with E-state index < -0.39 is 0 Å². The van der Waals surface area contributed by atoms with Crippen LogP contribution in [0.2, 0.25) is 0 Å². The van der Waals surface area contributed by atoms with Gasteiger partial charge in [0.05, 0.1) is 12.2 Å². The summed E-state index contributed by atoms with van der Waals surface area (Å²) in [4.78, 5) is 11.5. The Hall–Kier alpha value is -1.29. The van der Waals surface area contributed by atoms with Crippen LogP contribution in [0.1, 0.15) is 12.5 Å². The first-order valence-electron chi connectivity index (χ1n) is 5.00. The lowest BCUT2D eigenvalue weighted by molar-refractivity contribution is -0.138. The summed E-state index contributed by atoms with van der Waals surface area (Å²) < 4.78 is 11.4. The van der Waals surface area contributed by atoms with E-state index in [0.29, 0.717) is 12.2 Å². The molecule has 0 radical (unpaired) electrons. The smallest absolute Gasteiger partial charge is 0.337 e. The largest absolute Gasteiger partial charge is 0.488 e. The van der Waals surface area contributed by atoms with E-state index in [4.69, 9.17) is 9.47 Å². The van der Waals surface area contributed by atoms with E-state index in [1.165, 1.54) is 0 Å². The van der Waals surface area contributed by atoms with Crippen LogP contribution in [-0.2, 0) is 9.53 Å². The summed E-state index contributed by atoms with van der Waals surface area (Å²) in [6.07, 6.45) is 1.81. The fraction of sp³-hybridized carbons (Fsp3) is 0.250. The predicted octanol–water partition coefficient (Wildman–Crippen LogP) is 2.79. The van der Waals surface area contributed by atoms with E-state index in [-0.39, 0.29) is 12.6 Å². The summed E-state index contributed by atoms with van der Waals surface area (Å²) in [6.45, 7) is 2.43. The van der Waals surface area contributed by atoms with Gasteiger partial charge in [0, 0.05) is 10.0 Å². The molecule has 0 spiro atoms. The fourth-order valence-corrected chi connectivity index (χ4v) is 1.87. The lowest BCUT2D eigenvalue weighted by Crippen LogP contribution is -2.17. The minimum atomic E-state index is -0.312. The van der Waals surface area contributed by atoms with Crippen LogP contribution in [0.5, 0.6) is 5.75 Å². The Morgan fingerprint density at radius 3 is 3.12 bits per heavy atom. The van der Waals surface area contributed by atoms with Gasteiger partial charge in [0.25, 0.3) is 0 Å². The maximum atomic E-state index is 11.5. The lowest BCUT2D eigenvalue weighted by atomic mass is 10.1. The minimum absolute atomic E-state index is 0.271. The van der Waals surface area contributed by atoms with Crippen LogP contribution in [0.15, 0.2) is 28.2 Å². The van der Waals surface area contributed by atoms with E-state index >= 15 is 0 Å². The molecule has 1 aromatic carbocycles. The summed E-state index contributed by atoms with van der Waals surface area (Å²) in [5, 5.41) is 0. The summed E-state index contributed by atoms with van der Waals surface area (Å²) in [5.74, 6) is 0.476. The molecule has 0 amide bonds. The van der Waals surface area contributed by atoms with Crippen LogP contribution in [0.3, 0.4) is 0 Å². The van der Waals surface area contributed by atoms with Crippen molar-refractivity contribution < 1.29 is 14.3 Å². The van der Waals surface area contributed by atoms with E-state index in [2.05, 4.69) is 15.9 Å². The third-order valence-electron chi connectivity index (χ3n) is 2.22. The van der Waals surface area contributed by atoms with Crippen molar-refractivity contribution in [2.75, 3.05) is 13.2 Å². The minimum Gasteiger partial charge on any atom is -0.488 e. The van der Waals surface area contributed by atoms with Crippen molar-refractivity contribution in [3.63, 3.8) is 0 Å². The Morgan fingerprint density at radius 1 is 1.56 bits per heavy atom. The number of esters is 1. The van der Waals surface area contributed by atoms with Gasteiger partial charge in [-0.15, -0.1) is 0 Å². The predicted molar refractivity (Wildman–Crippen MR) is 64.2 cm³/mol. The maximum Gasteiger partial charge on any atom is 0.337 e. The zero-order valence-electron chi connectivity index (χ0n) is 8.83. The second-order valence-corrected chi connectivity index (χ2v) is 4.28. The highest BCUT2D eigenvalue weighted by atomic mass is 79.9. The monoisotopic (exact) mass is 282 g/mol. The van der Waals surface area contributed by atoms with E-state index in [1.807, 2.05) is 24.3 Å². The zero-order chi connectivity index (χ0) is 11.5. The number of ether oxygens (including phenoxy) is 2. The number of hydrogen-bond donors (Lipinski definition) is 0. The Bertz CT molecular complexity index is 452. The molecule has 0 atom stereocenters. The first-order valence-corrected chi connectivity index (χ1v) is 5.80. The van der Waals surface area contributed by atoms with Gasteiger partial charge < -0.3 is 9.47 Å². The molecule has 2 rings (SSSR count). The number of fused-ring (bicyclic) bond motifs is 1. The number of halogens is 1. The molecular weight excluding hydrogens is 272 g/mol. The number of benzene rings is 1. The number of hydrogen-bond acceptors (Lipinski definition) is 3. The van der Waals surface area contributed by atoms with Crippen LogP contribution in [0.4, 0.5) is 0 Å². The normalized spacial score (nSPS) is 13.5. The molecule has 0 unspecified atom stereocenters. The maximum absolute atomic E-state index is 11.5. The average molecular weight is 283 g/mol. The summed E-state index contributed by atoms with van der Waals surface area (Å²) in [6, 6.07) is 5.69. The van der Waals surface area contributed by atoms with Crippen LogP contribution in [0, 0.1) is 0 Å². The van der Waals surface area contributed by atoms with Gasteiger partial charge in [-0.25, -0.2) is 4.79 Å². The van der Waals surface area contributed by atoms with Crippen LogP contribution >= 0.6 is 15.9 Å². The zero-order valence-corrected chi connectivity index (χ0v) is 10.4. The van der Waals surface area contributed by atoms with E-state index in [9.17, 15) is 4.79 Å². The van der Waals surface area contributed by atoms with Crippen LogP contribution < -0.4 is 4.74 Å². The highest BCUT2D eigenvalue weighted by Gasteiger charge is 2.17. The molecule has 0 fully saturated rings. The molecule has 3 nitrogen and oxygen atoms in total. The third-order valence-corrected chi connectivity index (χ3v) is 2.72. The molecule has 1 aromatic rings. The Kier molecular flexibility index (Phi) is 3.29. The highest BCUT2D eigenvalue weighted by Crippen LogP contribution is 2.29. The van der Waals surface area contributed by atoms with Crippen molar-refractivity contribution in [1.82, 2.24) is 0 Å². The van der Waals surface area contributed by atoms with Crippen molar-refractivity contribution in [1.29, 1.82) is 0 Å². The molecule has 1 aliphatic rings. The summed E-state index contributed by atoms with van der Waals surface area (Å²) >= 11 is 3.38. The topological polar surface area (TPSA) is 35.5 Å². The molecule has 4 heteroatoms. The van der Waals surface area contributed by atoms with Crippen molar-refractivity contribution in [2.24, 2.45) is 0 Å². The van der Waals surface area contributed by atoms with E-state index in [0.717, 1.165) is 15.8 Å². The van der Waals surface area contributed by atoms with Gasteiger partial charge in [0.15, 0.2) is 0 Å². The van der Waals surface area contributed by atoms with Gasteiger partial charge in [-0.05, 0) is 31.2 Å². The molecule has 1 aliphatic heterocycles. The molecule has 16 heavy (non-hydrogen) atoms. The quantitative estimate of drug-likeness (QED) is 0.783. The van der Waals surface area contributed by atoms with E-state index in [1.54, 1.807) is 6.92 Å². The Morgan fingerprint density at radius 2 is 2.38 bits per heavy atom. The van der Waals surface area contributed by atoms with Gasteiger partial charge in [-0.1, -0.05) is 15.9 Å². The Balaban J connectivity index is 2.30. The molecule has 84 valence electrons. The molecule has 0 saturated carbocycles. The van der Waals surface area contributed by atoms with Gasteiger partial charge in [0.2, 0.25) is 0 Å². The molecule has 0 N–H and O–H groups in total. The van der Waals surface area contributed by atoms with Crippen molar-refractivity contribution in [2.45, 2.75) is 6.92 Å². The van der Waals surface area contributed by atoms with Gasteiger partial charge in [-0.3, -0.25) is 0 Å². The number of carbonyl (C=O) groups is 1. The average Bonchev–Trinajstić information content (AvgIpc) is 2.28. The molecule has 0 aliphatic carbocycles. The van der Waals surface area contributed by atoms with Gasteiger partial charge in [0.1, 0.15) is 12.4 Å². The van der Waals surface area contributed by atoms with Crippen molar-refractivity contribution in [3.05, 3.63) is 33.8 Å². The first-order chi connectivity index (χ1) is 7.70. The summed E-state index contributed by atoms with van der Waals surface area (Å²) in [5.41, 5.74) is 1.44. The van der Waals surface area contributed by atoms with Crippen LogP contribution in [0.25, 0.3) is 6.08 Å². The van der Waals surface area contributed by atoms with Gasteiger partial charge >= 0.3 is 5.97 Å². The first kappa shape index (κ1) is 11.2. The van der Waals surface area contributed by atoms with Gasteiger partial charge in [-0.2, -0.15) is 0 Å². The molecule has 0 bridgehead atoms.